The number of hydrogen-bond acceptors (Lipinski definition) is 4. The van der Waals surface area contributed by atoms with Gasteiger partial charge in [-0.15, -0.1) is 11.3 Å². The Morgan fingerprint density at radius 1 is 1.12 bits per heavy atom. The quantitative estimate of drug-likeness (QED) is 0.516. The second kappa shape index (κ2) is 9.88. The Morgan fingerprint density at radius 3 is 2.53 bits per heavy atom. The van der Waals surface area contributed by atoms with Crippen LogP contribution in [0, 0.1) is 5.92 Å². The molecule has 1 aliphatic heterocycles. The van der Waals surface area contributed by atoms with Crippen LogP contribution in [0.2, 0.25) is 5.02 Å². The summed E-state index contributed by atoms with van der Waals surface area (Å²) in [5.41, 5.74) is 1.63. The molecule has 0 spiro atoms. The van der Waals surface area contributed by atoms with Crippen molar-refractivity contribution in [2.75, 3.05) is 18.4 Å². The smallest absolute Gasteiger partial charge is 0.319 e. The first-order valence-corrected chi connectivity index (χ1v) is 12.1. The number of fused-ring (bicyclic) bond motifs is 1. The summed E-state index contributed by atoms with van der Waals surface area (Å²) in [6.45, 7) is 5.21. The molecule has 2 N–H and O–H groups in total. The van der Waals surface area contributed by atoms with Crippen molar-refractivity contribution in [2.45, 2.75) is 38.6 Å². The highest BCUT2D eigenvalue weighted by Gasteiger charge is 2.32. The number of piperidine rings is 1. The van der Waals surface area contributed by atoms with Gasteiger partial charge in [0.15, 0.2) is 0 Å². The van der Waals surface area contributed by atoms with Crippen LogP contribution in [0.15, 0.2) is 48.5 Å². The third kappa shape index (κ3) is 5.22. The first-order valence-electron chi connectivity index (χ1n) is 10.9. The second-order valence-corrected chi connectivity index (χ2v) is 9.95. The Kier molecular flexibility index (Phi) is 6.96. The standard InChI is InChI=1S/C24H27ClN4O2S/c1-15(2)21(28-24(31)26-18-6-4-3-5-7-18)23(30)29-12-10-16(11-13-29)22-27-19-14-17(25)8-9-20(19)32-22/h3-9,14-16,21H,10-13H2,1-2H3,(H2,26,28,31). The molecule has 4 rings (SSSR count). The SMILES string of the molecule is CC(C)C(NC(=O)Nc1ccccc1)C(=O)N1CCC(c2nc3cc(Cl)ccc3s2)CC1. The molecule has 0 saturated carbocycles. The number of nitrogens with one attached hydrogen (secondary N) is 2. The second-order valence-electron chi connectivity index (χ2n) is 8.45. The molecule has 1 saturated heterocycles. The summed E-state index contributed by atoms with van der Waals surface area (Å²) in [6, 6.07) is 14.1. The fourth-order valence-corrected chi connectivity index (χ4v) is 5.26. The van der Waals surface area contributed by atoms with Gasteiger partial charge in [0.2, 0.25) is 5.91 Å². The number of hydrogen-bond donors (Lipinski definition) is 2. The third-order valence-electron chi connectivity index (χ3n) is 5.77. The van der Waals surface area contributed by atoms with Gasteiger partial charge in [-0.1, -0.05) is 43.6 Å². The van der Waals surface area contributed by atoms with E-state index >= 15 is 0 Å². The number of carbonyl (C=O) groups is 2. The molecule has 1 unspecified atom stereocenters. The lowest BCUT2D eigenvalue weighted by atomic mass is 9.95. The fraction of sp³-hybridized carbons (Fsp3) is 0.375. The zero-order valence-corrected chi connectivity index (χ0v) is 19.7. The topological polar surface area (TPSA) is 74.3 Å². The number of para-hydroxylation sites is 1. The number of thiazole rings is 1. The average molecular weight is 471 g/mol. The Morgan fingerprint density at radius 2 is 1.84 bits per heavy atom. The molecule has 3 amide bonds. The van der Waals surface area contributed by atoms with Crippen molar-refractivity contribution in [1.29, 1.82) is 0 Å². The summed E-state index contributed by atoms with van der Waals surface area (Å²) in [6.07, 6.45) is 1.72. The Hall–Kier alpha value is -2.64. The lowest BCUT2D eigenvalue weighted by Crippen LogP contribution is -2.53. The van der Waals surface area contributed by atoms with Crippen molar-refractivity contribution >= 4 is 50.8 Å². The van der Waals surface area contributed by atoms with Gasteiger partial charge in [0.25, 0.3) is 0 Å². The van der Waals surface area contributed by atoms with Crippen LogP contribution in [0.25, 0.3) is 10.2 Å². The van der Waals surface area contributed by atoms with Crippen LogP contribution in [0.1, 0.15) is 37.6 Å². The van der Waals surface area contributed by atoms with Gasteiger partial charge in [0.1, 0.15) is 6.04 Å². The summed E-state index contributed by atoms with van der Waals surface area (Å²) < 4.78 is 1.14. The number of likely N-dealkylation sites (tertiary alicyclic amines) is 1. The van der Waals surface area contributed by atoms with Crippen molar-refractivity contribution in [3.63, 3.8) is 0 Å². The fourth-order valence-electron chi connectivity index (χ4n) is 3.98. The van der Waals surface area contributed by atoms with Gasteiger partial charge in [0.05, 0.1) is 15.2 Å². The van der Waals surface area contributed by atoms with Crippen LogP contribution in [0.3, 0.4) is 0 Å². The van der Waals surface area contributed by atoms with Crippen molar-refractivity contribution in [3.8, 4) is 0 Å². The molecule has 0 bridgehead atoms. The molecule has 2 aromatic carbocycles. The van der Waals surface area contributed by atoms with Crippen molar-refractivity contribution in [1.82, 2.24) is 15.2 Å². The molecule has 1 aromatic heterocycles. The van der Waals surface area contributed by atoms with E-state index in [2.05, 4.69) is 10.6 Å². The molecule has 1 fully saturated rings. The zero-order valence-electron chi connectivity index (χ0n) is 18.2. The zero-order chi connectivity index (χ0) is 22.7. The molecule has 0 radical (unpaired) electrons. The molecule has 8 heteroatoms. The minimum absolute atomic E-state index is 0.0178. The normalized spacial score (nSPS) is 15.7. The van der Waals surface area contributed by atoms with E-state index in [0.29, 0.717) is 29.7 Å². The third-order valence-corrected chi connectivity index (χ3v) is 7.21. The van der Waals surface area contributed by atoms with E-state index in [1.807, 2.05) is 67.3 Å². The van der Waals surface area contributed by atoms with Crippen LogP contribution in [0.5, 0.6) is 0 Å². The number of nitrogens with zero attached hydrogens (tertiary/aromatic N) is 2. The number of carbonyl (C=O) groups excluding carboxylic acids is 2. The lowest BCUT2D eigenvalue weighted by Gasteiger charge is -2.34. The molecule has 2 heterocycles. The first kappa shape index (κ1) is 22.6. The maximum absolute atomic E-state index is 13.2. The summed E-state index contributed by atoms with van der Waals surface area (Å²) in [7, 11) is 0. The van der Waals surface area contributed by atoms with Crippen LogP contribution in [-0.4, -0.2) is 41.0 Å². The summed E-state index contributed by atoms with van der Waals surface area (Å²) in [5, 5.41) is 7.46. The Bertz CT molecular complexity index is 1090. The molecule has 168 valence electrons. The van der Waals surface area contributed by atoms with Gasteiger partial charge < -0.3 is 15.5 Å². The number of aromatic nitrogens is 1. The highest BCUT2D eigenvalue weighted by molar-refractivity contribution is 7.18. The molecule has 32 heavy (non-hydrogen) atoms. The number of anilines is 1. The molecule has 6 nitrogen and oxygen atoms in total. The highest BCUT2D eigenvalue weighted by atomic mass is 35.5. The van der Waals surface area contributed by atoms with Crippen molar-refractivity contribution in [2.24, 2.45) is 5.92 Å². The molecule has 0 aliphatic carbocycles. The summed E-state index contributed by atoms with van der Waals surface area (Å²) >= 11 is 7.79. The number of amides is 3. The first-order chi connectivity index (χ1) is 15.4. The minimum atomic E-state index is -0.570. The number of urea groups is 1. The highest BCUT2D eigenvalue weighted by Crippen LogP contribution is 2.35. The van der Waals surface area contributed by atoms with E-state index in [1.165, 1.54) is 0 Å². The van der Waals surface area contributed by atoms with Gasteiger partial charge in [-0.3, -0.25) is 4.79 Å². The van der Waals surface area contributed by atoms with Gasteiger partial charge in [-0.2, -0.15) is 0 Å². The van der Waals surface area contributed by atoms with E-state index in [9.17, 15) is 9.59 Å². The number of benzene rings is 2. The van der Waals surface area contributed by atoms with E-state index < -0.39 is 6.04 Å². The monoisotopic (exact) mass is 470 g/mol. The summed E-state index contributed by atoms with van der Waals surface area (Å²) in [5.74, 6) is 0.288. The van der Waals surface area contributed by atoms with E-state index in [0.717, 1.165) is 28.1 Å². The van der Waals surface area contributed by atoms with E-state index in [-0.39, 0.29) is 17.9 Å². The minimum Gasteiger partial charge on any atom is -0.341 e. The predicted molar refractivity (Wildman–Crippen MR) is 130 cm³/mol. The Balaban J connectivity index is 1.36. The van der Waals surface area contributed by atoms with Gasteiger partial charge in [-0.25, -0.2) is 9.78 Å². The summed E-state index contributed by atoms with van der Waals surface area (Å²) in [4.78, 5) is 32.3. The average Bonchev–Trinajstić information content (AvgIpc) is 3.21. The van der Waals surface area contributed by atoms with E-state index in [1.54, 1.807) is 11.3 Å². The molecular formula is C24H27ClN4O2S. The molecule has 1 aliphatic rings. The van der Waals surface area contributed by atoms with Crippen molar-refractivity contribution < 1.29 is 9.59 Å². The largest absolute Gasteiger partial charge is 0.341 e. The van der Waals surface area contributed by atoms with Crippen LogP contribution in [0.4, 0.5) is 10.5 Å². The van der Waals surface area contributed by atoms with Gasteiger partial charge in [0, 0.05) is 29.7 Å². The number of rotatable bonds is 5. The van der Waals surface area contributed by atoms with Crippen LogP contribution in [-0.2, 0) is 4.79 Å². The Labute approximate surface area is 197 Å². The maximum atomic E-state index is 13.2. The van der Waals surface area contributed by atoms with Gasteiger partial charge in [-0.05, 0) is 49.1 Å². The molecular weight excluding hydrogens is 444 g/mol. The van der Waals surface area contributed by atoms with Crippen LogP contribution >= 0.6 is 22.9 Å². The number of halogens is 1. The van der Waals surface area contributed by atoms with E-state index in [4.69, 9.17) is 16.6 Å². The van der Waals surface area contributed by atoms with Crippen LogP contribution < -0.4 is 10.6 Å². The molecule has 3 aromatic rings. The van der Waals surface area contributed by atoms with Crippen molar-refractivity contribution in [3.05, 3.63) is 58.6 Å². The maximum Gasteiger partial charge on any atom is 0.319 e. The lowest BCUT2D eigenvalue weighted by molar-refractivity contribution is -0.135. The molecule has 1 atom stereocenters. The predicted octanol–water partition coefficient (Wildman–Crippen LogP) is 5.50. The van der Waals surface area contributed by atoms with Gasteiger partial charge >= 0.3 is 6.03 Å².